The van der Waals surface area contributed by atoms with Crippen molar-refractivity contribution >= 4 is 35.8 Å². The second kappa shape index (κ2) is 3.85. The van der Waals surface area contributed by atoms with Crippen molar-refractivity contribution in [2.75, 3.05) is 5.75 Å². The van der Waals surface area contributed by atoms with E-state index in [-0.39, 0.29) is 0 Å². The van der Waals surface area contributed by atoms with E-state index in [2.05, 4.69) is 12.6 Å². The van der Waals surface area contributed by atoms with Gasteiger partial charge in [0.1, 0.15) is 0 Å². The van der Waals surface area contributed by atoms with Crippen molar-refractivity contribution in [2.45, 2.75) is 0 Å². The van der Waals surface area contributed by atoms with Crippen molar-refractivity contribution in [2.24, 2.45) is 0 Å². The third-order valence-corrected chi connectivity index (χ3v) is 1.41. The predicted octanol–water partition coefficient (Wildman–Crippen LogP) is 2.24. The summed E-state index contributed by atoms with van der Waals surface area (Å²) in [4.78, 5) is 0. The molecule has 0 atom stereocenters. The highest BCUT2D eigenvalue weighted by Crippen LogP contribution is 2.02. The molecule has 0 aromatic heterocycles. The standard InChI is InChI=1S/C3H4Cl2S/c4-1-3(5)2-6/h1,6H,2H2/b3-1-. The Morgan fingerprint density at radius 3 is 2.33 bits per heavy atom. The second-order valence-corrected chi connectivity index (χ2v) is 1.73. The third kappa shape index (κ3) is 2.88. The van der Waals surface area contributed by atoms with Gasteiger partial charge >= 0.3 is 0 Å². The first kappa shape index (κ1) is 6.67. The van der Waals surface area contributed by atoms with Gasteiger partial charge in [-0.3, -0.25) is 0 Å². The minimum absolute atomic E-state index is 0.519. The van der Waals surface area contributed by atoms with E-state index in [1.165, 1.54) is 5.54 Å². The molecule has 0 fully saturated rings. The smallest absolute Gasteiger partial charge is 0.0390 e. The minimum atomic E-state index is 0.519. The van der Waals surface area contributed by atoms with Crippen LogP contribution in [0.1, 0.15) is 0 Å². The molecule has 36 valence electrons. The van der Waals surface area contributed by atoms with Crippen LogP contribution >= 0.6 is 35.8 Å². The van der Waals surface area contributed by atoms with Crippen LogP contribution in [0.5, 0.6) is 0 Å². The molecule has 0 radical (unpaired) electrons. The van der Waals surface area contributed by atoms with Gasteiger partial charge in [0.05, 0.1) is 0 Å². The Bertz CT molecular complexity index is 59.8. The Morgan fingerprint density at radius 1 is 1.83 bits per heavy atom. The van der Waals surface area contributed by atoms with Crippen molar-refractivity contribution in [1.82, 2.24) is 0 Å². The molecule has 0 aliphatic heterocycles. The quantitative estimate of drug-likeness (QED) is 0.534. The maximum absolute atomic E-state index is 5.30. The third-order valence-electron chi connectivity index (χ3n) is 0.269. The van der Waals surface area contributed by atoms with Crippen LogP contribution in [0.3, 0.4) is 0 Å². The average molecular weight is 143 g/mol. The molecule has 0 N–H and O–H groups in total. The van der Waals surface area contributed by atoms with Gasteiger partial charge in [0, 0.05) is 16.3 Å². The maximum Gasteiger partial charge on any atom is 0.0390 e. The Kier molecular flexibility index (Phi) is 4.28. The Balaban J connectivity index is 3.22. The van der Waals surface area contributed by atoms with Crippen molar-refractivity contribution in [1.29, 1.82) is 0 Å². The molecule has 0 spiro atoms. The second-order valence-electron chi connectivity index (χ2n) is 0.714. The van der Waals surface area contributed by atoms with Crippen LogP contribution in [-0.4, -0.2) is 5.75 Å². The van der Waals surface area contributed by atoms with Gasteiger partial charge in [-0.15, -0.1) is 0 Å². The number of halogens is 2. The van der Waals surface area contributed by atoms with E-state index in [9.17, 15) is 0 Å². The van der Waals surface area contributed by atoms with Gasteiger partial charge in [-0.2, -0.15) is 12.6 Å². The van der Waals surface area contributed by atoms with E-state index < -0.39 is 0 Å². The van der Waals surface area contributed by atoms with Crippen molar-refractivity contribution in [3.63, 3.8) is 0 Å². The molecule has 0 nitrogen and oxygen atoms in total. The SMILES string of the molecule is SC/C(Cl)=C/Cl. The summed E-state index contributed by atoms with van der Waals surface area (Å²) >= 11 is 14.2. The highest BCUT2D eigenvalue weighted by atomic mass is 35.5. The first-order valence-corrected chi connectivity index (χ1v) is 2.81. The normalized spacial score (nSPS) is 12.2. The molecule has 6 heavy (non-hydrogen) atoms. The molecular formula is C3H4Cl2S. The summed E-state index contributed by atoms with van der Waals surface area (Å²) < 4.78 is 0. The summed E-state index contributed by atoms with van der Waals surface area (Å²) in [6.45, 7) is 0. The predicted molar refractivity (Wildman–Crippen MR) is 33.6 cm³/mol. The molecule has 0 bridgehead atoms. The van der Waals surface area contributed by atoms with Crippen LogP contribution in [0.2, 0.25) is 0 Å². The molecule has 0 amide bonds. The van der Waals surface area contributed by atoms with E-state index in [0.717, 1.165) is 0 Å². The monoisotopic (exact) mass is 142 g/mol. The molecule has 0 saturated heterocycles. The zero-order valence-electron chi connectivity index (χ0n) is 2.99. The summed E-state index contributed by atoms with van der Waals surface area (Å²) in [5, 5.41) is 0.569. The first-order chi connectivity index (χ1) is 2.81. The maximum atomic E-state index is 5.30. The van der Waals surface area contributed by atoms with E-state index in [1.807, 2.05) is 0 Å². The highest BCUT2D eigenvalue weighted by Gasteiger charge is 1.79. The molecule has 0 aromatic carbocycles. The number of rotatable bonds is 1. The summed E-state index contributed by atoms with van der Waals surface area (Å²) in [7, 11) is 0. The van der Waals surface area contributed by atoms with Crippen molar-refractivity contribution in [3.05, 3.63) is 10.6 Å². The Morgan fingerprint density at radius 2 is 2.33 bits per heavy atom. The number of thiol groups is 1. The van der Waals surface area contributed by atoms with Gasteiger partial charge in [-0.05, 0) is 0 Å². The molecule has 0 aliphatic carbocycles. The van der Waals surface area contributed by atoms with Crippen molar-refractivity contribution < 1.29 is 0 Å². The lowest BCUT2D eigenvalue weighted by atomic mass is 10.7. The molecular weight excluding hydrogens is 139 g/mol. The summed E-state index contributed by atoms with van der Waals surface area (Å²) in [6.07, 6.45) is 0. The van der Waals surface area contributed by atoms with Gasteiger partial charge in [-0.1, -0.05) is 23.2 Å². The number of hydrogen-bond acceptors (Lipinski definition) is 1. The van der Waals surface area contributed by atoms with E-state index in [0.29, 0.717) is 10.8 Å². The van der Waals surface area contributed by atoms with Gasteiger partial charge in [0.15, 0.2) is 0 Å². The van der Waals surface area contributed by atoms with Crippen LogP contribution in [0.25, 0.3) is 0 Å². The van der Waals surface area contributed by atoms with Crippen molar-refractivity contribution in [3.8, 4) is 0 Å². The Labute approximate surface area is 52.5 Å². The zero-order chi connectivity index (χ0) is 4.99. The van der Waals surface area contributed by atoms with Gasteiger partial charge in [0.2, 0.25) is 0 Å². The van der Waals surface area contributed by atoms with Gasteiger partial charge in [0.25, 0.3) is 0 Å². The zero-order valence-corrected chi connectivity index (χ0v) is 5.39. The molecule has 0 aliphatic rings. The molecule has 0 rings (SSSR count). The van der Waals surface area contributed by atoms with Gasteiger partial charge < -0.3 is 0 Å². The fraction of sp³-hybridized carbons (Fsp3) is 0.333. The van der Waals surface area contributed by atoms with Crippen LogP contribution < -0.4 is 0 Å². The summed E-state index contributed by atoms with van der Waals surface area (Å²) in [5.74, 6) is 0.519. The molecule has 0 heterocycles. The number of hydrogen-bond donors (Lipinski definition) is 1. The highest BCUT2D eigenvalue weighted by molar-refractivity contribution is 7.80. The average Bonchev–Trinajstić information content (AvgIpc) is 1.65. The molecule has 0 unspecified atom stereocenters. The largest absolute Gasteiger partial charge is 0.174 e. The van der Waals surface area contributed by atoms with Crippen LogP contribution in [0.4, 0.5) is 0 Å². The lowest BCUT2D eigenvalue weighted by Crippen LogP contribution is -1.64. The molecule has 0 saturated carbocycles. The summed E-state index contributed by atoms with van der Waals surface area (Å²) in [5.41, 5.74) is 1.30. The lowest BCUT2D eigenvalue weighted by molar-refractivity contribution is 1.75. The first-order valence-electron chi connectivity index (χ1n) is 1.37. The van der Waals surface area contributed by atoms with Crippen LogP contribution in [-0.2, 0) is 0 Å². The van der Waals surface area contributed by atoms with E-state index in [1.54, 1.807) is 0 Å². The molecule has 3 heteroatoms. The van der Waals surface area contributed by atoms with Crippen LogP contribution in [0, 0.1) is 0 Å². The lowest BCUT2D eigenvalue weighted by Gasteiger charge is -1.79. The fourth-order valence-electron chi connectivity index (χ4n) is 0.0345. The van der Waals surface area contributed by atoms with E-state index >= 15 is 0 Å². The molecule has 0 aromatic rings. The summed E-state index contributed by atoms with van der Waals surface area (Å²) in [6, 6.07) is 0. The topological polar surface area (TPSA) is 0 Å². The van der Waals surface area contributed by atoms with E-state index in [4.69, 9.17) is 23.2 Å². The van der Waals surface area contributed by atoms with Crippen LogP contribution in [0.15, 0.2) is 10.6 Å². The Hall–Kier alpha value is 0.670. The fourth-order valence-corrected chi connectivity index (χ4v) is 0.311. The minimum Gasteiger partial charge on any atom is -0.174 e. The van der Waals surface area contributed by atoms with Gasteiger partial charge in [-0.25, -0.2) is 0 Å².